The maximum absolute atomic E-state index is 12.9. The predicted octanol–water partition coefficient (Wildman–Crippen LogP) is 1.83. The van der Waals surface area contributed by atoms with E-state index in [0.717, 1.165) is 22.6 Å². The lowest BCUT2D eigenvalue weighted by Gasteiger charge is -2.21. The highest BCUT2D eigenvalue weighted by Crippen LogP contribution is 2.34. The average Bonchev–Trinajstić information content (AvgIpc) is 3.24. The molecule has 0 spiro atoms. The first-order chi connectivity index (χ1) is 12.4. The number of anilines is 1. The summed E-state index contributed by atoms with van der Waals surface area (Å²) in [5, 5.41) is 0. The Morgan fingerprint density at radius 2 is 1.92 bits per heavy atom. The van der Waals surface area contributed by atoms with E-state index in [-0.39, 0.29) is 10.8 Å². The zero-order valence-electron chi connectivity index (χ0n) is 14.7. The molecular formula is C19H20N2O4S. The van der Waals surface area contributed by atoms with Gasteiger partial charge in [-0.25, -0.2) is 12.7 Å². The number of carbonyl (C=O) groups excluding carboxylic acids is 1. The standard InChI is InChI=1S/C19H20N2O4S/c1-20(2)26(23,24)15-7-8-16-13(11-15)9-10-21(16)19(22)18-12-14-5-3-4-6-17(14)25-18/h3-8,11,18H,9-10,12H2,1-2H3/t18-/m0/s1. The van der Waals surface area contributed by atoms with Crippen LogP contribution in [0.15, 0.2) is 47.4 Å². The van der Waals surface area contributed by atoms with E-state index in [4.69, 9.17) is 4.74 Å². The number of nitrogens with zero attached hydrogens (tertiary/aromatic N) is 2. The van der Waals surface area contributed by atoms with Crippen LogP contribution in [0, 0.1) is 0 Å². The summed E-state index contributed by atoms with van der Waals surface area (Å²) in [7, 11) is -0.468. The van der Waals surface area contributed by atoms with E-state index in [2.05, 4.69) is 0 Å². The van der Waals surface area contributed by atoms with E-state index < -0.39 is 16.1 Å². The minimum atomic E-state index is -3.48. The van der Waals surface area contributed by atoms with E-state index in [1.165, 1.54) is 18.4 Å². The topological polar surface area (TPSA) is 66.9 Å². The van der Waals surface area contributed by atoms with Crippen LogP contribution in [0.3, 0.4) is 0 Å². The quantitative estimate of drug-likeness (QED) is 0.824. The molecule has 2 aliphatic heterocycles. The number of ether oxygens (including phenoxy) is 1. The second-order valence-corrected chi connectivity index (χ2v) is 8.89. The summed E-state index contributed by atoms with van der Waals surface area (Å²) in [5.41, 5.74) is 2.68. The van der Waals surface area contributed by atoms with Crippen molar-refractivity contribution in [2.75, 3.05) is 25.5 Å². The lowest BCUT2D eigenvalue weighted by molar-refractivity contribution is -0.124. The van der Waals surface area contributed by atoms with Gasteiger partial charge in [0.1, 0.15) is 5.75 Å². The second kappa shape index (κ2) is 6.10. The molecule has 4 rings (SSSR count). The number of amides is 1. The lowest BCUT2D eigenvalue weighted by Crippen LogP contribution is -2.40. The first-order valence-electron chi connectivity index (χ1n) is 8.49. The highest BCUT2D eigenvalue weighted by molar-refractivity contribution is 7.89. The van der Waals surface area contributed by atoms with Crippen LogP contribution in [0.2, 0.25) is 0 Å². The van der Waals surface area contributed by atoms with E-state index >= 15 is 0 Å². The molecule has 0 radical (unpaired) electrons. The summed E-state index contributed by atoms with van der Waals surface area (Å²) >= 11 is 0. The maximum atomic E-state index is 12.9. The van der Waals surface area contributed by atoms with Gasteiger partial charge in [0, 0.05) is 32.7 Å². The number of benzene rings is 2. The molecular weight excluding hydrogens is 352 g/mol. The zero-order valence-corrected chi connectivity index (χ0v) is 15.5. The van der Waals surface area contributed by atoms with Gasteiger partial charge in [0.05, 0.1) is 4.90 Å². The lowest BCUT2D eigenvalue weighted by atomic mass is 10.1. The first kappa shape index (κ1) is 17.1. The average molecular weight is 372 g/mol. The highest BCUT2D eigenvalue weighted by Gasteiger charge is 2.36. The van der Waals surface area contributed by atoms with Crippen molar-refractivity contribution in [3.8, 4) is 5.75 Å². The van der Waals surface area contributed by atoms with Gasteiger partial charge in [0.2, 0.25) is 10.0 Å². The van der Waals surface area contributed by atoms with Crippen LogP contribution in [0.4, 0.5) is 5.69 Å². The van der Waals surface area contributed by atoms with Crippen LogP contribution in [-0.4, -0.2) is 45.4 Å². The van der Waals surface area contributed by atoms with Crippen molar-refractivity contribution in [1.82, 2.24) is 4.31 Å². The third-order valence-electron chi connectivity index (χ3n) is 4.91. The molecule has 2 aliphatic rings. The van der Waals surface area contributed by atoms with Gasteiger partial charge in [-0.2, -0.15) is 0 Å². The first-order valence-corrected chi connectivity index (χ1v) is 9.93. The molecule has 2 heterocycles. The minimum Gasteiger partial charge on any atom is -0.480 e. The third-order valence-corrected chi connectivity index (χ3v) is 6.72. The van der Waals surface area contributed by atoms with Crippen LogP contribution >= 0.6 is 0 Å². The fourth-order valence-corrected chi connectivity index (χ4v) is 4.42. The van der Waals surface area contributed by atoms with Gasteiger partial charge < -0.3 is 9.64 Å². The zero-order chi connectivity index (χ0) is 18.5. The van der Waals surface area contributed by atoms with Gasteiger partial charge in [0.15, 0.2) is 6.10 Å². The number of para-hydroxylation sites is 1. The largest absolute Gasteiger partial charge is 0.480 e. The predicted molar refractivity (Wildman–Crippen MR) is 97.9 cm³/mol. The van der Waals surface area contributed by atoms with Crippen LogP contribution < -0.4 is 9.64 Å². The molecule has 0 bridgehead atoms. The smallest absolute Gasteiger partial charge is 0.268 e. The molecule has 0 fully saturated rings. The summed E-state index contributed by atoms with van der Waals surface area (Å²) in [6.45, 7) is 0.538. The molecule has 2 aromatic carbocycles. The fraction of sp³-hybridized carbons (Fsp3) is 0.316. The van der Waals surface area contributed by atoms with E-state index in [0.29, 0.717) is 19.4 Å². The number of rotatable bonds is 3. The number of hydrogen-bond acceptors (Lipinski definition) is 4. The summed E-state index contributed by atoms with van der Waals surface area (Å²) in [5.74, 6) is 0.681. The Hall–Kier alpha value is -2.38. The van der Waals surface area contributed by atoms with Gasteiger partial charge >= 0.3 is 0 Å². The molecule has 0 aromatic heterocycles. The third kappa shape index (κ3) is 2.68. The number of sulfonamides is 1. The van der Waals surface area contributed by atoms with E-state index in [9.17, 15) is 13.2 Å². The van der Waals surface area contributed by atoms with Crippen LogP contribution in [-0.2, 0) is 27.7 Å². The molecule has 1 atom stereocenters. The molecule has 7 heteroatoms. The Morgan fingerprint density at radius 3 is 2.65 bits per heavy atom. The van der Waals surface area contributed by atoms with Crippen molar-refractivity contribution in [1.29, 1.82) is 0 Å². The van der Waals surface area contributed by atoms with Crippen LogP contribution in [0.25, 0.3) is 0 Å². The van der Waals surface area contributed by atoms with Gasteiger partial charge in [-0.05, 0) is 41.8 Å². The van der Waals surface area contributed by atoms with Crippen molar-refractivity contribution >= 4 is 21.6 Å². The molecule has 26 heavy (non-hydrogen) atoms. The summed E-state index contributed by atoms with van der Waals surface area (Å²) in [4.78, 5) is 14.9. The molecule has 0 aliphatic carbocycles. The molecule has 0 N–H and O–H groups in total. The van der Waals surface area contributed by atoms with Crippen molar-refractivity contribution in [3.63, 3.8) is 0 Å². The molecule has 0 saturated heterocycles. The van der Waals surface area contributed by atoms with Crippen LogP contribution in [0.5, 0.6) is 5.75 Å². The normalized spacial score (nSPS) is 18.6. The number of carbonyl (C=O) groups is 1. The monoisotopic (exact) mass is 372 g/mol. The minimum absolute atomic E-state index is 0.0804. The Balaban J connectivity index is 1.58. The molecule has 2 aromatic rings. The molecule has 6 nitrogen and oxygen atoms in total. The van der Waals surface area contributed by atoms with Crippen molar-refractivity contribution < 1.29 is 17.9 Å². The fourth-order valence-electron chi connectivity index (χ4n) is 3.47. The van der Waals surface area contributed by atoms with E-state index in [1.54, 1.807) is 23.1 Å². The summed E-state index contributed by atoms with van der Waals surface area (Å²) < 4.78 is 31.6. The van der Waals surface area contributed by atoms with Crippen molar-refractivity contribution in [2.45, 2.75) is 23.8 Å². The second-order valence-electron chi connectivity index (χ2n) is 6.74. The van der Waals surface area contributed by atoms with Crippen molar-refractivity contribution in [2.24, 2.45) is 0 Å². The van der Waals surface area contributed by atoms with Gasteiger partial charge in [-0.15, -0.1) is 0 Å². The number of hydrogen-bond donors (Lipinski definition) is 0. The van der Waals surface area contributed by atoms with Crippen LogP contribution in [0.1, 0.15) is 11.1 Å². The number of fused-ring (bicyclic) bond motifs is 2. The van der Waals surface area contributed by atoms with Gasteiger partial charge in [0.25, 0.3) is 5.91 Å². The van der Waals surface area contributed by atoms with Gasteiger partial charge in [-0.1, -0.05) is 18.2 Å². The maximum Gasteiger partial charge on any atom is 0.268 e. The molecule has 1 amide bonds. The Bertz CT molecular complexity index is 960. The Kier molecular flexibility index (Phi) is 4.00. The van der Waals surface area contributed by atoms with Crippen molar-refractivity contribution in [3.05, 3.63) is 53.6 Å². The molecule has 136 valence electrons. The van der Waals surface area contributed by atoms with E-state index in [1.807, 2.05) is 24.3 Å². The summed E-state index contributed by atoms with van der Waals surface area (Å²) in [6, 6.07) is 12.6. The SMILES string of the molecule is CN(C)S(=O)(=O)c1ccc2c(c1)CCN2C(=O)[C@@H]1Cc2ccccc2O1. The molecule has 0 saturated carbocycles. The summed E-state index contributed by atoms with van der Waals surface area (Å²) in [6.07, 6.45) is 0.675. The molecule has 0 unspecified atom stereocenters. The van der Waals surface area contributed by atoms with Gasteiger partial charge in [-0.3, -0.25) is 4.79 Å². The Labute approximate surface area is 153 Å². The highest BCUT2D eigenvalue weighted by atomic mass is 32.2. The Morgan fingerprint density at radius 1 is 1.15 bits per heavy atom.